The Balaban J connectivity index is 0.00000200. The van der Waals surface area contributed by atoms with Crippen LogP contribution in [0.1, 0.15) is 18.0 Å². The predicted molar refractivity (Wildman–Crippen MR) is 73.2 cm³/mol. The maximum atomic E-state index is 12.7. The van der Waals surface area contributed by atoms with Crippen LogP contribution in [0.5, 0.6) is 5.75 Å². The lowest BCUT2D eigenvalue weighted by Crippen LogP contribution is -2.46. The Morgan fingerprint density at radius 2 is 1.70 bits per heavy atom. The second kappa shape index (κ2) is 7.15. The van der Waals surface area contributed by atoms with Gasteiger partial charge < -0.3 is 10.4 Å². The van der Waals surface area contributed by atoms with Gasteiger partial charge in [-0.2, -0.15) is 13.2 Å². The van der Waals surface area contributed by atoms with Crippen LogP contribution in [0.15, 0.2) is 24.3 Å². The van der Waals surface area contributed by atoms with Crippen LogP contribution in [0, 0.1) is 0 Å². The number of halogens is 4. The van der Waals surface area contributed by atoms with E-state index in [2.05, 4.69) is 5.32 Å². The zero-order valence-corrected chi connectivity index (χ0v) is 11.7. The second-order valence-corrected chi connectivity index (χ2v) is 4.71. The van der Waals surface area contributed by atoms with Crippen molar-refractivity contribution in [3.8, 4) is 5.75 Å². The Kier molecular flexibility index (Phi) is 6.10. The third-order valence-electron chi connectivity index (χ3n) is 3.30. The summed E-state index contributed by atoms with van der Waals surface area (Å²) in [5.74, 6) is 0.0646. The molecule has 7 heteroatoms. The van der Waals surface area contributed by atoms with Crippen molar-refractivity contribution in [1.29, 1.82) is 0 Å². The second-order valence-electron chi connectivity index (χ2n) is 4.71. The van der Waals surface area contributed by atoms with E-state index in [4.69, 9.17) is 0 Å². The molecule has 0 saturated carbocycles. The van der Waals surface area contributed by atoms with E-state index in [9.17, 15) is 18.3 Å². The standard InChI is InChI=1S/C13H17F3N2O.ClH/c14-13(15,16)9-12(18-7-5-17-6-8-18)10-1-3-11(19)4-2-10;/h1-4,12,17,19H,5-9H2;1H/t12-;/m0./s1. The summed E-state index contributed by atoms with van der Waals surface area (Å²) in [6.07, 6.45) is -5.06. The molecular weight excluding hydrogens is 293 g/mol. The Morgan fingerprint density at radius 3 is 2.20 bits per heavy atom. The van der Waals surface area contributed by atoms with Crippen LogP contribution in [-0.2, 0) is 0 Å². The number of piperazine rings is 1. The van der Waals surface area contributed by atoms with Crippen LogP contribution >= 0.6 is 12.4 Å². The maximum Gasteiger partial charge on any atom is 0.390 e. The molecule has 0 unspecified atom stereocenters. The molecular formula is C13H18ClF3N2O. The summed E-state index contributed by atoms with van der Waals surface area (Å²) in [6, 6.07) is 5.31. The number of alkyl halides is 3. The number of hydrogen-bond donors (Lipinski definition) is 2. The van der Waals surface area contributed by atoms with Gasteiger partial charge >= 0.3 is 6.18 Å². The van der Waals surface area contributed by atoms with Crippen molar-refractivity contribution < 1.29 is 18.3 Å². The molecule has 1 saturated heterocycles. The van der Waals surface area contributed by atoms with Crippen LogP contribution in [0.2, 0.25) is 0 Å². The van der Waals surface area contributed by atoms with E-state index in [1.54, 1.807) is 12.1 Å². The molecule has 20 heavy (non-hydrogen) atoms. The van der Waals surface area contributed by atoms with Gasteiger partial charge in [0.15, 0.2) is 0 Å². The van der Waals surface area contributed by atoms with Gasteiger partial charge in [-0.15, -0.1) is 12.4 Å². The van der Waals surface area contributed by atoms with Crippen molar-refractivity contribution in [1.82, 2.24) is 10.2 Å². The third kappa shape index (κ3) is 4.85. The number of phenolic OH excluding ortho intramolecular Hbond substituents is 1. The first-order valence-corrected chi connectivity index (χ1v) is 6.26. The third-order valence-corrected chi connectivity index (χ3v) is 3.30. The highest BCUT2D eigenvalue weighted by atomic mass is 35.5. The lowest BCUT2D eigenvalue weighted by molar-refractivity contribution is -0.148. The average Bonchev–Trinajstić information content (AvgIpc) is 2.37. The van der Waals surface area contributed by atoms with Crippen molar-refractivity contribution in [3.63, 3.8) is 0 Å². The summed E-state index contributed by atoms with van der Waals surface area (Å²) in [5, 5.41) is 12.4. The number of phenols is 1. The molecule has 0 aliphatic carbocycles. The van der Waals surface area contributed by atoms with Crippen molar-refractivity contribution in [2.24, 2.45) is 0 Å². The number of hydrogen-bond acceptors (Lipinski definition) is 3. The van der Waals surface area contributed by atoms with Gasteiger partial charge in [0.2, 0.25) is 0 Å². The molecule has 0 spiro atoms. The highest BCUT2D eigenvalue weighted by Crippen LogP contribution is 2.34. The highest BCUT2D eigenvalue weighted by molar-refractivity contribution is 5.85. The van der Waals surface area contributed by atoms with Gasteiger partial charge in [-0.1, -0.05) is 12.1 Å². The SMILES string of the molecule is Cl.Oc1ccc([C@H](CC(F)(F)F)N2CCNCC2)cc1. The number of benzene rings is 1. The summed E-state index contributed by atoms with van der Waals surface area (Å²) in [4.78, 5) is 1.84. The fraction of sp³-hybridized carbons (Fsp3) is 0.538. The van der Waals surface area contributed by atoms with Crippen LogP contribution < -0.4 is 5.32 Å². The minimum absolute atomic E-state index is 0. The van der Waals surface area contributed by atoms with Crippen LogP contribution in [0.25, 0.3) is 0 Å². The summed E-state index contributed by atoms with van der Waals surface area (Å²) >= 11 is 0. The smallest absolute Gasteiger partial charge is 0.390 e. The van der Waals surface area contributed by atoms with E-state index in [-0.39, 0.29) is 18.2 Å². The fourth-order valence-electron chi connectivity index (χ4n) is 2.37. The van der Waals surface area contributed by atoms with E-state index in [1.165, 1.54) is 12.1 Å². The van der Waals surface area contributed by atoms with E-state index in [1.807, 2.05) is 4.90 Å². The van der Waals surface area contributed by atoms with E-state index < -0.39 is 18.6 Å². The molecule has 1 aliphatic rings. The molecule has 3 nitrogen and oxygen atoms in total. The molecule has 0 amide bonds. The molecule has 0 bridgehead atoms. The molecule has 2 N–H and O–H groups in total. The van der Waals surface area contributed by atoms with E-state index >= 15 is 0 Å². The lowest BCUT2D eigenvalue weighted by Gasteiger charge is -2.35. The first kappa shape index (κ1) is 17.1. The molecule has 1 atom stereocenters. The molecule has 0 aromatic heterocycles. The van der Waals surface area contributed by atoms with Crippen LogP contribution in [0.4, 0.5) is 13.2 Å². The summed E-state index contributed by atoms with van der Waals surface area (Å²) in [7, 11) is 0. The maximum absolute atomic E-state index is 12.7. The zero-order chi connectivity index (χ0) is 13.9. The normalized spacial score (nSPS) is 18.4. The average molecular weight is 311 g/mol. The highest BCUT2D eigenvalue weighted by Gasteiger charge is 2.35. The number of rotatable bonds is 3. The number of nitrogens with one attached hydrogen (secondary N) is 1. The van der Waals surface area contributed by atoms with E-state index in [0.717, 1.165) is 0 Å². The fourth-order valence-corrected chi connectivity index (χ4v) is 2.37. The Bertz CT molecular complexity index is 405. The molecule has 1 aromatic carbocycles. The molecule has 1 heterocycles. The summed E-state index contributed by atoms with van der Waals surface area (Å²) in [5.41, 5.74) is 0.594. The van der Waals surface area contributed by atoms with Crippen molar-refractivity contribution in [3.05, 3.63) is 29.8 Å². The van der Waals surface area contributed by atoms with Gasteiger partial charge in [0.25, 0.3) is 0 Å². The molecule has 1 fully saturated rings. The van der Waals surface area contributed by atoms with Crippen LogP contribution in [-0.4, -0.2) is 42.4 Å². The Hall–Kier alpha value is -0.980. The first-order chi connectivity index (χ1) is 8.96. The topological polar surface area (TPSA) is 35.5 Å². The van der Waals surface area contributed by atoms with Gasteiger partial charge in [0.05, 0.1) is 6.42 Å². The minimum atomic E-state index is -4.20. The largest absolute Gasteiger partial charge is 0.508 e. The van der Waals surface area contributed by atoms with Crippen molar-refractivity contribution >= 4 is 12.4 Å². The summed E-state index contributed by atoms with van der Waals surface area (Å²) in [6.45, 7) is 2.60. The van der Waals surface area contributed by atoms with Gasteiger partial charge in [0, 0.05) is 32.2 Å². The molecule has 1 aromatic rings. The van der Waals surface area contributed by atoms with Gasteiger partial charge in [-0.05, 0) is 17.7 Å². The molecule has 1 aliphatic heterocycles. The lowest BCUT2D eigenvalue weighted by atomic mass is 10.0. The molecule has 2 rings (SSSR count). The molecule has 114 valence electrons. The monoisotopic (exact) mass is 310 g/mol. The van der Waals surface area contributed by atoms with E-state index in [0.29, 0.717) is 31.7 Å². The summed E-state index contributed by atoms with van der Waals surface area (Å²) < 4.78 is 38.2. The zero-order valence-electron chi connectivity index (χ0n) is 10.9. The van der Waals surface area contributed by atoms with Gasteiger partial charge in [-0.25, -0.2) is 0 Å². The van der Waals surface area contributed by atoms with Gasteiger partial charge in [0.1, 0.15) is 5.75 Å². The Morgan fingerprint density at radius 1 is 1.15 bits per heavy atom. The minimum Gasteiger partial charge on any atom is -0.508 e. The van der Waals surface area contributed by atoms with Crippen molar-refractivity contribution in [2.75, 3.05) is 26.2 Å². The van der Waals surface area contributed by atoms with Gasteiger partial charge in [-0.3, -0.25) is 4.90 Å². The number of aromatic hydroxyl groups is 1. The van der Waals surface area contributed by atoms with Crippen LogP contribution in [0.3, 0.4) is 0 Å². The quantitative estimate of drug-likeness (QED) is 0.901. The first-order valence-electron chi connectivity index (χ1n) is 6.26. The number of nitrogens with zero attached hydrogens (tertiary/aromatic N) is 1. The Labute approximate surface area is 122 Å². The predicted octanol–water partition coefficient (Wildman–Crippen LogP) is 2.71. The molecule has 0 radical (unpaired) electrons. The van der Waals surface area contributed by atoms with Crippen molar-refractivity contribution in [2.45, 2.75) is 18.6 Å².